The Kier molecular flexibility index (Phi) is 5.11. The molecule has 0 radical (unpaired) electrons. The number of hydrogen-bond donors (Lipinski definition) is 1. The highest BCUT2D eigenvalue weighted by Gasteiger charge is 2.46. The van der Waals surface area contributed by atoms with E-state index < -0.39 is 0 Å². The van der Waals surface area contributed by atoms with E-state index in [2.05, 4.69) is 35.3 Å². The van der Waals surface area contributed by atoms with E-state index in [0.29, 0.717) is 6.54 Å². The molecule has 0 atom stereocenters. The Labute approximate surface area is 166 Å². The number of rotatable bonds is 3. The van der Waals surface area contributed by atoms with Crippen molar-refractivity contribution in [2.45, 2.75) is 38.6 Å². The first-order chi connectivity index (χ1) is 13.5. The molecule has 1 N–H and O–H groups in total. The van der Waals surface area contributed by atoms with Crippen molar-refractivity contribution in [2.24, 2.45) is 0 Å². The van der Waals surface area contributed by atoms with Gasteiger partial charge in [0.1, 0.15) is 5.82 Å². The van der Waals surface area contributed by atoms with Crippen LogP contribution in [0, 0.1) is 12.7 Å². The Morgan fingerprint density at radius 1 is 1.18 bits per heavy atom. The van der Waals surface area contributed by atoms with Crippen molar-refractivity contribution in [1.29, 1.82) is 0 Å². The largest absolute Gasteiger partial charge is 0.338 e. The Balaban J connectivity index is 1.53. The zero-order chi connectivity index (χ0) is 19.7. The van der Waals surface area contributed by atoms with Gasteiger partial charge in [0.2, 0.25) is 0 Å². The van der Waals surface area contributed by atoms with Gasteiger partial charge in [-0.2, -0.15) is 0 Å². The number of fused-ring (bicyclic) bond motifs is 2. The lowest BCUT2D eigenvalue weighted by atomic mass is 9.74. The highest BCUT2D eigenvalue weighted by molar-refractivity contribution is 5.95. The van der Waals surface area contributed by atoms with Gasteiger partial charge < -0.3 is 5.32 Å². The van der Waals surface area contributed by atoms with Crippen molar-refractivity contribution in [3.05, 3.63) is 65.0 Å². The fraction of sp³-hybridized carbons (Fsp3) is 0.435. The van der Waals surface area contributed by atoms with Gasteiger partial charge in [0.15, 0.2) is 0 Å². The molecule has 2 amide bonds. The molecule has 0 aromatic heterocycles. The molecule has 2 aromatic rings. The van der Waals surface area contributed by atoms with Gasteiger partial charge >= 0.3 is 6.03 Å². The van der Waals surface area contributed by atoms with Crippen molar-refractivity contribution in [3.8, 4) is 0 Å². The highest BCUT2D eigenvalue weighted by Crippen LogP contribution is 2.47. The number of carbonyl (C=O) groups is 1. The summed E-state index contributed by atoms with van der Waals surface area (Å²) >= 11 is 0. The molecular weight excluding hydrogens is 353 g/mol. The lowest BCUT2D eigenvalue weighted by Crippen LogP contribution is -2.47. The predicted molar refractivity (Wildman–Crippen MR) is 110 cm³/mol. The van der Waals surface area contributed by atoms with E-state index in [-0.39, 0.29) is 17.3 Å². The molecule has 2 aliphatic heterocycles. The lowest BCUT2D eigenvalue weighted by Gasteiger charge is -2.40. The predicted octanol–water partition coefficient (Wildman–Crippen LogP) is 4.22. The molecule has 0 unspecified atom stereocenters. The van der Waals surface area contributed by atoms with Crippen LogP contribution in [0.4, 0.5) is 14.9 Å². The summed E-state index contributed by atoms with van der Waals surface area (Å²) in [4.78, 5) is 16.9. The minimum absolute atomic E-state index is 0.00771. The Morgan fingerprint density at radius 2 is 1.96 bits per heavy atom. The van der Waals surface area contributed by atoms with E-state index in [4.69, 9.17) is 0 Å². The first kappa shape index (κ1) is 18.9. The molecule has 2 heterocycles. The van der Waals surface area contributed by atoms with Crippen LogP contribution in [-0.4, -0.2) is 37.1 Å². The quantitative estimate of drug-likeness (QED) is 0.864. The summed E-state index contributed by atoms with van der Waals surface area (Å²) in [6.07, 6.45) is 2.02. The molecule has 1 saturated heterocycles. The fourth-order valence-electron chi connectivity index (χ4n) is 4.67. The average molecular weight is 381 g/mol. The second-order valence-electron chi connectivity index (χ2n) is 8.13. The van der Waals surface area contributed by atoms with E-state index in [1.807, 2.05) is 17.9 Å². The molecule has 5 heteroatoms. The molecule has 28 heavy (non-hydrogen) atoms. The lowest BCUT2D eigenvalue weighted by molar-refractivity contribution is 0.159. The maximum absolute atomic E-state index is 13.5. The average Bonchev–Trinajstić information content (AvgIpc) is 2.98. The van der Waals surface area contributed by atoms with Crippen LogP contribution in [0.5, 0.6) is 0 Å². The summed E-state index contributed by atoms with van der Waals surface area (Å²) in [6.45, 7) is 8.11. The molecule has 4 rings (SSSR count). The van der Waals surface area contributed by atoms with Gasteiger partial charge in [-0.25, -0.2) is 9.18 Å². The van der Waals surface area contributed by atoms with Gasteiger partial charge in [-0.05, 0) is 69.1 Å². The summed E-state index contributed by atoms with van der Waals surface area (Å²) in [5.41, 5.74) is 4.63. The van der Waals surface area contributed by atoms with Gasteiger partial charge in [-0.1, -0.05) is 29.8 Å². The second kappa shape index (κ2) is 7.55. The minimum atomic E-state index is -0.177. The molecular formula is C23H28FN3O. The Morgan fingerprint density at radius 3 is 2.68 bits per heavy atom. The van der Waals surface area contributed by atoms with Crippen molar-refractivity contribution < 1.29 is 9.18 Å². The van der Waals surface area contributed by atoms with Crippen molar-refractivity contribution in [2.75, 3.05) is 31.1 Å². The van der Waals surface area contributed by atoms with E-state index >= 15 is 0 Å². The van der Waals surface area contributed by atoms with Gasteiger partial charge in [-0.15, -0.1) is 0 Å². The fourth-order valence-corrected chi connectivity index (χ4v) is 4.67. The number of nitrogens with zero attached hydrogens (tertiary/aromatic N) is 2. The summed E-state index contributed by atoms with van der Waals surface area (Å²) in [7, 11) is 0. The number of urea groups is 1. The van der Waals surface area contributed by atoms with Gasteiger partial charge in [0.05, 0.1) is 0 Å². The van der Waals surface area contributed by atoms with Crippen LogP contribution in [-0.2, 0) is 12.0 Å². The molecule has 4 nitrogen and oxygen atoms in total. The molecule has 0 bridgehead atoms. The van der Waals surface area contributed by atoms with Crippen LogP contribution >= 0.6 is 0 Å². The molecule has 1 fully saturated rings. The molecule has 1 spiro atoms. The first-order valence-corrected chi connectivity index (χ1v) is 10.1. The molecule has 0 saturated carbocycles. The number of hydrogen-bond acceptors (Lipinski definition) is 2. The van der Waals surface area contributed by atoms with E-state index in [0.717, 1.165) is 50.3 Å². The number of likely N-dealkylation sites (tertiary alicyclic amines) is 1. The SMILES string of the molecule is CCNC(=O)N1CC2(CCN(Cc3cccc(F)c3)CC2)c2cc(C)ccc21. The van der Waals surface area contributed by atoms with Crippen molar-refractivity contribution in [3.63, 3.8) is 0 Å². The van der Waals surface area contributed by atoms with Crippen LogP contribution in [0.2, 0.25) is 0 Å². The highest BCUT2D eigenvalue weighted by atomic mass is 19.1. The number of piperidine rings is 1. The maximum Gasteiger partial charge on any atom is 0.321 e. The molecule has 148 valence electrons. The minimum Gasteiger partial charge on any atom is -0.338 e. The van der Waals surface area contributed by atoms with Crippen LogP contribution in [0.3, 0.4) is 0 Å². The molecule has 0 aliphatic carbocycles. The first-order valence-electron chi connectivity index (χ1n) is 10.1. The van der Waals surface area contributed by atoms with Gasteiger partial charge in [0.25, 0.3) is 0 Å². The van der Waals surface area contributed by atoms with Crippen LogP contribution in [0.15, 0.2) is 42.5 Å². The number of amides is 2. The van der Waals surface area contributed by atoms with E-state index in [9.17, 15) is 9.18 Å². The van der Waals surface area contributed by atoms with E-state index in [1.54, 1.807) is 12.1 Å². The zero-order valence-electron chi connectivity index (χ0n) is 16.7. The molecule has 2 aliphatic rings. The third kappa shape index (κ3) is 3.51. The van der Waals surface area contributed by atoms with Crippen molar-refractivity contribution in [1.82, 2.24) is 10.2 Å². The third-order valence-corrected chi connectivity index (χ3v) is 6.16. The Bertz CT molecular complexity index is 874. The van der Waals surface area contributed by atoms with Gasteiger partial charge in [-0.3, -0.25) is 9.80 Å². The number of aryl methyl sites for hydroxylation is 1. The summed E-state index contributed by atoms with van der Waals surface area (Å²) in [6, 6.07) is 13.3. The van der Waals surface area contributed by atoms with Crippen LogP contribution in [0.1, 0.15) is 36.5 Å². The maximum atomic E-state index is 13.5. The van der Waals surface area contributed by atoms with Crippen LogP contribution < -0.4 is 10.2 Å². The number of anilines is 1. The number of benzene rings is 2. The third-order valence-electron chi connectivity index (χ3n) is 6.16. The summed E-state index contributed by atoms with van der Waals surface area (Å²) < 4.78 is 13.5. The number of halogens is 1. The Hall–Kier alpha value is -2.40. The smallest absolute Gasteiger partial charge is 0.321 e. The zero-order valence-corrected chi connectivity index (χ0v) is 16.7. The summed E-state index contributed by atoms with van der Waals surface area (Å²) in [5.74, 6) is -0.177. The normalized spacial score (nSPS) is 18.3. The monoisotopic (exact) mass is 381 g/mol. The van der Waals surface area contributed by atoms with Crippen molar-refractivity contribution >= 4 is 11.7 Å². The number of nitrogens with one attached hydrogen (secondary N) is 1. The summed E-state index contributed by atoms with van der Waals surface area (Å²) in [5, 5.41) is 2.95. The second-order valence-corrected chi connectivity index (χ2v) is 8.13. The van der Waals surface area contributed by atoms with Crippen LogP contribution in [0.25, 0.3) is 0 Å². The topological polar surface area (TPSA) is 35.6 Å². The molecule has 2 aromatic carbocycles. The van der Waals surface area contributed by atoms with E-state index in [1.165, 1.54) is 17.2 Å². The number of carbonyl (C=O) groups excluding carboxylic acids is 1. The standard InChI is InChI=1S/C23H28FN3O/c1-3-25-22(28)27-16-23(20-13-17(2)7-8-21(20)27)9-11-26(12-10-23)15-18-5-4-6-19(24)14-18/h4-8,13-14H,3,9-12,15-16H2,1-2H3,(H,25,28). The van der Waals surface area contributed by atoms with Gasteiger partial charge in [0, 0.05) is 30.7 Å².